The number of allylic oxidation sites excluding steroid dienone is 4. The number of hydrogen-bond acceptors (Lipinski definition) is 6. The number of carboxylic acids is 1. The molecule has 1 amide bonds. The van der Waals surface area contributed by atoms with E-state index in [-0.39, 0.29) is 48.6 Å². The predicted octanol–water partition coefficient (Wildman–Crippen LogP) is 7.31. The average Bonchev–Trinajstić information content (AvgIpc) is 3.36. The van der Waals surface area contributed by atoms with Gasteiger partial charge in [0.2, 0.25) is 18.3 Å². The first-order chi connectivity index (χ1) is 23.0. The molecule has 1 aromatic heterocycles. The number of halogens is 1. The number of aliphatic carboxylic acids is 1. The summed E-state index contributed by atoms with van der Waals surface area (Å²) in [7, 11) is 0. The van der Waals surface area contributed by atoms with Crippen molar-refractivity contribution in [3.63, 3.8) is 0 Å². The second-order valence-electron chi connectivity index (χ2n) is 12.0. The van der Waals surface area contributed by atoms with Crippen LogP contribution >= 0.6 is 0 Å². The first kappa shape index (κ1) is 40.0. The number of carbonyl (C=O) groups excluding carboxylic acids is 1. The number of carbonyl (C=O) groups is 2. The Kier molecular flexibility index (Phi) is 17.4. The number of likely N-dealkylation sites (tertiary alicyclic amines) is 1. The quantitative estimate of drug-likeness (QED) is 0.0867. The van der Waals surface area contributed by atoms with Gasteiger partial charge in [-0.25, -0.2) is 4.39 Å². The molecule has 0 bridgehead atoms. The van der Waals surface area contributed by atoms with Crippen molar-refractivity contribution in [3.05, 3.63) is 101 Å². The highest BCUT2D eigenvalue weighted by Crippen LogP contribution is 2.32. The normalized spacial score (nSPS) is 18.3. The van der Waals surface area contributed by atoms with Crippen molar-refractivity contribution in [2.75, 3.05) is 24.8 Å². The Morgan fingerprint density at radius 2 is 1.85 bits per heavy atom. The van der Waals surface area contributed by atoms with Crippen LogP contribution in [0.5, 0.6) is 0 Å². The smallest absolute Gasteiger partial charge is 0.308 e. The number of amides is 1. The van der Waals surface area contributed by atoms with Crippen LogP contribution in [0.1, 0.15) is 72.8 Å². The molecule has 264 valence electrons. The lowest BCUT2D eigenvalue weighted by Gasteiger charge is -2.34. The number of aromatic nitrogens is 1. The third kappa shape index (κ3) is 12.1. The molecule has 2 heterocycles. The summed E-state index contributed by atoms with van der Waals surface area (Å²) in [5.74, 6) is -1.56. The van der Waals surface area contributed by atoms with E-state index in [2.05, 4.69) is 13.8 Å². The first-order valence-electron chi connectivity index (χ1n) is 16.9. The summed E-state index contributed by atoms with van der Waals surface area (Å²) in [5, 5.41) is 10.00. The Labute approximate surface area is 285 Å². The lowest BCUT2D eigenvalue weighted by Crippen LogP contribution is -2.47. The van der Waals surface area contributed by atoms with Gasteiger partial charge in [-0.15, -0.1) is 0 Å². The van der Waals surface area contributed by atoms with E-state index in [1.807, 2.05) is 42.7 Å². The number of pyridine rings is 1. The fourth-order valence-electron chi connectivity index (χ4n) is 5.94. The monoisotopic (exact) mass is 667 g/mol. The van der Waals surface area contributed by atoms with Crippen molar-refractivity contribution in [2.24, 2.45) is 11.8 Å². The van der Waals surface area contributed by atoms with Gasteiger partial charge in [0.15, 0.2) is 0 Å². The van der Waals surface area contributed by atoms with Crippen LogP contribution in [0.15, 0.2) is 83.7 Å². The van der Waals surface area contributed by atoms with Gasteiger partial charge in [0.25, 0.3) is 0 Å². The minimum absolute atomic E-state index is 0.00820. The highest BCUT2D eigenvalue weighted by molar-refractivity contribution is 5.95. The van der Waals surface area contributed by atoms with Crippen molar-refractivity contribution in [1.82, 2.24) is 9.47 Å². The van der Waals surface area contributed by atoms with Gasteiger partial charge >= 0.3 is 5.97 Å². The fourth-order valence-corrected chi connectivity index (χ4v) is 5.94. The number of hydrogen-bond donors (Lipinski definition) is 1. The highest BCUT2D eigenvalue weighted by Gasteiger charge is 2.43. The molecular formula is C38H54FN3O6. The summed E-state index contributed by atoms with van der Waals surface area (Å²) >= 11 is 0. The van der Waals surface area contributed by atoms with E-state index in [1.54, 1.807) is 73.4 Å². The molecule has 1 N–H and O–H groups in total. The zero-order valence-corrected chi connectivity index (χ0v) is 29.6. The van der Waals surface area contributed by atoms with E-state index in [0.717, 1.165) is 32.2 Å². The number of carboxylic acid groups (broad SMARTS) is 1. The molecule has 0 spiro atoms. The molecule has 0 radical (unpaired) electrons. The summed E-state index contributed by atoms with van der Waals surface area (Å²) in [6.45, 7) is 14.7. The molecule has 1 aliphatic heterocycles. The Bertz CT molecular complexity index is 1450. The summed E-state index contributed by atoms with van der Waals surface area (Å²) < 4.78 is 26.3. The number of benzene rings is 1. The van der Waals surface area contributed by atoms with Gasteiger partial charge in [0, 0.05) is 49.0 Å². The van der Waals surface area contributed by atoms with Crippen molar-refractivity contribution in [2.45, 2.75) is 92.8 Å². The molecule has 0 aliphatic carbocycles. The van der Waals surface area contributed by atoms with Crippen LogP contribution in [0.3, 0.4) is 0 Å². The standard InChI is InChI=1S/C31H45FN2O5.C7H9NO/c1-7-11-26(12-8-2)34(27-15-16-28(32)22(4)18-27)29(35)20-33-19-25(30(24(33)6)31(36)37)14-10-13-23(5)39-21-38-17-9-3;1-2-8-6-4-3-5-7(8)9/h9-10,13-18,24-26,30H,7-8,11-12,19-21H2,1-6H3,(H,36,37);3-6H,2H2,1H3/b14-10+,17-9+,23-13+;/t24?,25?,30-;/m0./s1. The third-order valence-corrected chi connectivity index (χ3v) is 8.44. The van der Waals surface area contributed by atoms with Gasteiger partial charge in [0.05, 0.1) is 24.5 Å². The molecule has 1 saturated heterocycles. The molecule has 2 unspecified atom stereocenters. The van der Waals surface area contributed by atoms with Gasteiger partial charge in [-0.3, -0.25) is 19.3 Å². The van der Waals surface area contributed by atoms with Gasteiger partial charge < -0.3 is 24.0 Å². The van der Waals surface area contributed by atoms with E-state index in [9.17, 15) is 23.9 Å². The van der Waals surface area contributed by atoms with Crippen LogP contribution in [0.4, 0.5) is 10.1 Å². The van der Waals surface area contributed by atoms with Crippen LogP contribution in [0, 0.1) is 24.6 Å². The maximum absolute atomic E-state index is 14.1. The SMILES string of the molecule is C/C=C/OCO/C(C)=C/C=C/C1CN(CC(=O)N(c2ccc(F)c(C)c2)C(CCC)CCC)C(C)[C@@H]1C(=O)O.CCn1ccccc1=O. The number of rotatable bonds is 16. The molecule has 1 aliphatic rings. The van der Waals surface area contributed by atoms with Gasteiger partial charge in [-0.05, 0) is 83.4 Å². The van der Waals surface area contributed by atoms with Crippen LogP contribution in [0.25, 0.3) is 0 Å². The van der Waals surface area contributed by atoms with E-state index in [1.165, 1.54) is 6.07 Å². The summed E-state index contributed by atoms with van der Waals surface area (Å²) in [4.78, 5) is 40.6. The van der Waals surface area contributed by atoms with Crippen LogP contribution in [-0.2, 0) is 25.6 Å². The average molecular weight is 668 g/mol. The van der Waals surface area contributed by atoms with Crippen LogP contribution < -0.4 is 10.5 Å². The molecule has 3 atom stereocenters. The zero-order chi connectivity index (χ0) is 35.6. The Morgan fingerprint density at radius 1 is 1.15 bits per heavy atom. The van der Waals surface area contributed by atoms with Crippen molar-refractivity contribution < 1.29 is 28.6 Å². The van der Waals surface area contributed by atoms with Crippen molar-refractivity contribution in [3.8, 4) is 0 Å². The number of ether oxygens (including phenoxy) is 2. The number of nitrogens with zero attached hydrogens (tertiary/aromatic N) is 3. The minimum atomic E-state index is -0.885. The number of anilines is 1. The molecule has 10 heteroatoms. The van der Waals surface area contributed by atoms with Gasteiger partial charge in [0.1, 0.15) is 5.82 Å². The first-order valence-corrected chi connectivity index (χ1v) is 16.9. The van der Waals surface area contributed by atoms with Crippen molar-refractivity contribution >= 4 is 17.6 Å². The maximum Gasteiger partial charge on any atom is 0.308 e. The predicted molar refractivity (Wildman–Crippen MR) is 189 cm³/mol. The molecule has 0 saturated carbocycles. The fraction of sp³-hybridized carbons (Fsp3) is 0.500. The summed E-state index contributed by atoms with van der Waals surface area (Å²) in [6.07, 6.45) is 14.0. The molecule has 9 nitrogen and oxygen atoms in total. The lowest BCUT2D eigenvalue weighted by molar-refractivity contribution is -0.143. The second-order valence-corrected chi connectivity index (χ2v) is 12.0. The van der Waals surface area contributed by atoms with Crippen LogP contribution in [-0.4, -0.2) is 58.4 Å². The lowest BCUT2D eigenvalue weighted by atomic mass is 9.91. The Hall–Kier alpha value is -4.18. The minimum Gasteiger partial charge on any atom is -0.481 e. The second kappa shape index (κ2) is 20.9. The molecule has 3 rings (SSSR count). The Balaban J connectivity index is 0.000000764. The molecule has 1 aromatic carbocycles. The van der Waals surface area contributed by atoms with E-state index in [0.29, 0.717) is 23.6 Å². The topological polar surface area (TPSA) is 101 Å². The molecule has 2 aromatic rings. The Morgan fingerprint density at radius 3 is 2.42 bits per heavy atom. The van der Waals surface area contributed by atoms with Gasteiger partial charge in [-0.1, -0.05) is 51.0 Å². The third-order valence-electron chi connectivity index (χ3n) is 8.44. The molecular weight excluding hydrogens is 613 g/mol. The molecule has 1 fully saturated rings. The maximum atomic E-state index is 14.1. The molecule has 48 heavy (non-hydrogen) atoms. The van der Waals surface area contributed by atoms with E-state index >= 15 is 0 Å². The van der Waals surface area contributed by atoms with Crippen LogP contribution in [0.2, 0.25) is 0 Å². The van der Waals surface area contributed by atoms with E-state index in [4.69, 9.17) is 9.47 Å². The largest absolute Gasteiger partial charge is 0.481 e. The summed E-state index contributed by atoms with van der Waals surface area (Å²) in [5.41, 5.74) is 1.24. The zero-order valence-electron chi connectivity index (χ0n) is 29.6. The van der Waals surface area contributed by atoms with E-state index < -0.39 is 11.9 Å². The van der Waals surface area contributed by atoms with Gasteiger partial charge in [-0.2, -0.15) is 0 Å². The van der Waals surface area contributed by atoms with Crippen molar-refractivity contribution in [1.29, 1.82) is 0 Å². The number of aryl methyl sites for hydroxylation is 2. The highest BCUT2D eigenvalue weighted by atomic mass is 19.1. The summed E-state index contributed by atoms with van der Waals surface area (Å²) in [6, 6.07) is 9.62.